The molecule has 7 nitrogen and oxygen atoms in total. The van der Waals surface area contributed by atoms with Crippen LogP contribution >= 0.6 is 11.3 Å². The van der Waals surface area contributed by atoms with Crippen molar-refractivity contribution >= 4 is 33.9 Å². The zero-order chi connectivity index (χ0) is 24.6. The third-order valence-corrected chi connectivity index (χ3v) is 7.69. The number of anilines is 1. The number of benzene rings is 1. The van der Waals surface area contributed by atoms with Crippen LogP contribution in [0.25, 0.3) is 44.0 Å². The molecule has 8 heteroatoms. The van der Waals surface area contributed by atoms with Crippen molar-refractivity contribution in [3.63, 3.8) is 0 Å². The maximum atomic E-state index is 12.0. The van der Waals surface area contributed by atoms with E-state index in [0.717, 1.165) is 81.3 Å². The van der Waals surface area contributed by atoms with Crippen LogP contribution < -0.4 is 4.90 Å². The van der Waals surface area contributed by atoms with Crippen molar-refractivity contribution < 1.29 is 9.90 Å². The van der Waals surface area contributed by atoms with Crippen molar-refractivity contribution in [2.75, 3.05) is 18.0 Å². The molecule has 1 fully saturated rings. The second kappa shape index (κ2) is 9.20. The summed E-state index contributed by atoms with van der Waals surface area (Å²) in [6.45, 7) is 3.73. The molecule has 1 aromatic carbocycles. The number of aryl methyl sites for hydroxylation is 1. The second-order valence-electron chi connectivity index (χ2n) is 9.10. The summed E-state index contributed by atoms with van der Waals surface area (Å²) >= 11 is 1.47. The van der Waals surface area contributed by atoms with Gasteiger partial charge in [-0.2, -0.15) is 0 Å². The lowest BCUT2D eigenvalue weighted by molar-refractivity contribution is 0.0698. The van der Waals surface area contributed by atoms with Crippen LogP contribution in [0.5, 0.6) is 0 Å². The minimum atomic E-state index is -0.884. The molecule has 0 atom stereocenters. The Bertz CT molecular complexity index is 1580. The largest absolute Gasteiger partial charge is 0.478 e. The van der Waals surface area contributed by atoms with Crippen molar-refractivity contribution in [1.82, 2.24) is 19.9 Å². The van der Waals surface area contributed by atoms with Crippen LogP contribution in [0.2, 0.25) is 0 Å². The monoisotopic (exact) mass is 495 g/mol. The Morgan fingerprint density at radius 1 is 1.06 bits per heavy atom. The molecule has 0 amide bonds. The smallest absolute Gasteiger partial charge is 0.338 e. The second-order valence-corrected chi connectivity index (χ2v) is 9.98. The van der Waals surface area contributed by atoms with Gasteiger partial charge >= 0.3 is 5.97 Å². The van der Waals surface area contributed by atoms with E-state index in [0.29, 0.717) is 5.56 Å². The summed E-state index contributed by atoms with van der Waals surface area (Å²) in [5, 5.41) is 12.6. The van der Waals surface area contributed by atoms with E-state index in [1.165, 1.54) is 17.8 Å². The predicted octanol–water partition coefficient (Wildman–Crippen LogP) is 6.41. The van der Waals surface area contributed by atoms with Crippen LogP contribution in [-0.2, 0) is 0 Å². The number of carboxylic acid groups (broad SMARTS) is 1. The topological polar surface area (TPSA) is 95.0 Å². The highest BCUT2D eigenvalue weighted by Gasteiger charge is 2.25. The van der Waals surface area contributed by atoms with Crippen LogP contribution in [-0.4, -0.2) is 44.1 Å². The highest BCUT2D eigenvalue weighted by atomic mass is 32.1. The van der Waals surface area contributed by atoms with E-state index in [-0.39, 0.29) is 0 Å². The number of H-pyrrole nitrogens is 1. The molecule has 5 heterocycles. The number of pyridine rings is 2. The minimum absolute atomic E-state index is 0.373. The Kier molecular flexibility index (Phi) is 5.73. The first-order chi connectivity index (χ1) is 17.6. The number of carbonyl (C=O) groups is 1. The Labute approximate surface area is 212 Å². The number of imidazole rings is 1. The highest BCUT2D eigenvalue weighted by Crippen LogP contribution is 2.42. The van der Waals surface area contributed by atoms with E-state index >= 15 is 0 Å². The van der Waals surface area contributed by atoms with Gasteiger partial charge in [-0.3, -0.25) is 9.97 Å². The van der Waals surface area contributed by atoms with E-state index in [1.54, 1.807) is 11.7 Å². The number of piperidine rings is 1. The molecule has 180 valence electrons. The molecule has 5 aromatic rings. The van der Waals surface area contributed by atoms with Crippen molar-refractivity contribution in [2.24, 2.45) is 0 Å². The number of nitrogens with zero attached hydrogens (tertiary/aromatic N) is 4. The standard InChI is InChI=1S/C28H25N5O2S/c1-17-6-5-7-23(32-17)25-24(30-16-31-25)18-8-9-22-19(12-18)13-20(14-29-22)27-26(21(15-36-27)28(34)35)33-10-3-2-4-11-33/h5-9,12-16H,2-4,10-11H2,1H3,(H,30,31)(H,34,35). The van der Waals surface area contributed by atoms with Crippen LogP contribution in [0.3, 0.4) is 0 Å². The van der Waals surface area contributed by atoms with E-state index in [2.05, 4.69) is 32.0 Å². The molecule has 4 aromatic heterocycles. The fourth-order valence-corrected chi connectivity index (χ4v) is 5.98. The summed E-state index contributed by atoms with van der Waals surface area (Å²) in [6, 6.07) is 14.2. The zero-order valence-electron chi connectivity index (χ0n) is 19.9. The number of fused-ring (bicyclic) bond motifs is 1. The highest BCUT2D eigenvalue weighted by molar-refractivity contribution is 7.14. The van der Waals surface area contributed by atoms with Crippen molar-refractivity contribution in [1.29, 1.82) is 0 Å². The molecular weight excluding hydrogens is 470 g/mol. The molecule has 0 aliphatic carbocycles. The lowest BCUT2D eigenvalue weighted by Gasteiger charge is -2.29. The average molecular weight is 496 g/mol. The summed E-state index contributed by atoms with van der Waals surface area (Å²) < 4.78 is 0. The van der Waals surface area contributed by atoms with Crippen molar-refractivity contribution in [3.05, 3.63) is 71.6 Å². The summed E-state index contributed by atoms with van der Waals surface area (Å²) in [4.78, 5) is 32.4. The van der Waals surface area contributed by atoms with Gasteiger partial charge in [0, 0.05) is 46.9 Å². The van der Waals surface area contributed by atoms with E-state index in [9.17, 15) is 9.90 Å². The first-order valence-electron chi connectivity index (χ1n) is 12.1. The van der Waals surface area contributed by atoms with Gasteiger partial charge in [-0.1, -0.05) is 12.1 Å². The molecular formula is C28H25N5O2S. The summed E-state index contributed by atoms with van der Waals surface area (Å²) in [7, 11) is 0. The number of aromatic carboxylic acids is 1. The maximum Gasteiger partial charge on any atom is 0.338 e. The molecule has 0 saturated carbocycles. The number of aromatic amines is 1. The van der Waals surface area contributed by atoms with Crippen LogP contribution in [0.1, 0.15) is 35.3 Å². The van der Waals surface area contributed by atoms with Gasteiger partial charge in [0.1, 0.15) is 0 Å². The predicted molar refractivity (Wildman–Crippen MR) is 144 cm³/mol. The normalized spacial score (nSPS) is 13.9. The first kappa shape index (κ1) is 22.4. The lowest BCUT2D eigenvalue weighted by Crippen LogP contribution is -2.30. The summed E-state index contributed by atoms with van der Waals surface area (Å²) in [5.41, 5.74) is 7.47. The maximum absolute atomic E-state index is 12.0. The lowest BCUT2D eigenvalue weighted by atomic mass is 10.0. The zero-order valence-corrected chi connectivity index (χ0v) is 20.7. The molecule has 0 unspecified atom stereocenters. The van der Waals surface area contributed by atoms with Gasteiger partial charge in [0.2, 0.25) is 0 Å². The molecule has 0 bridgehead atoms. The van der Waals surface area contributed by atoms with Crippen molar-refractivity contribution in [2.45, 2.75) is 26.2 Å². The summed E-state index contributed by atoms with van der Waals surface area (Å²) in [5.74, 6) is -0.884. The van der Waals surface area contributed by atoms with Crippen LogP contribution in [0, 0.1) is 6.92 Å². The van der Waals surface area contributed by atoms with E-state index < -0.39 is 5.97 Å². The van der Waals surface area contributed by atoms with Gasteiger partial charge < -0.3 is 15.0 Å². The van der Waals surface area contributed by atoms with Gasteiger partial charge in [-0.15, -0.1) is 11.3 Å². The number of hydrogen-bond acceptors (Lipinski definition) is 6. The molecule has 36 heavy (non-hydrogen) atoms. The first-order valence-corrected chi connectivity index (χ1v) is 12.9. The van der Waals surface area contributed by atoms with Crippen LogP contribution in [0.4, 0.5) is 5.69 Å². The Balaban J connectivity index is 1.44. The van der Waals surface area contributed by atoms with Gasteiger partial charge in [0.15, 0.2) is 0 Å². The fourth-order valence-electron chi connectivity index (χ4n) is 4.93. The molecule has 2 N–H and O–H groups in total. The molecule has 0 radical (unpaired) electrons. The van der Waals surface area contributed by atoms with Gasteiger partial charge in [-0.05, 0) is 56.5 Å². The third kappa shape index (κ3) is 4.03. The van der Waals surface area contributed by atoms with Gasteiger partial charge in [-0.25, -0.2) is 9.78 Å². The average Bonchev–Trinajstić information content (AvgIpc) is 3.57. The van der Waals surface area contributed by atoms with E-state index in [1.807, 2.05) is 43.5 Å². The molecule has 1 aliphatic heterocycles. The molecule has 0 spiro atoms. The van der Waals surface area contributed by atoms with E-state index in [4.69, 9.17) is 4.98 Å². The van der Waals surface area contributed by atoms with Crippen LogP contribution in [0.15, 0.2) is 60.4 Å². The number of thiophene rings is 1. The van der Waals surface area contributed by atoms with Crippen molar-refractivity contribution in [3.8, 4) is 33.1 Å². The Morgan fingerprint density at radius 3 is 2.69 bits per heavy atom. The molecule has 1 aliphatic rings. The third-order valence-electron chi connectivity index (χ3n) is 6.67. The quantitative estimate of drug-likeness (QED) is 0.292. The van der Waals surface area contributed by atoms with Gasteiger partial charge in [0.05, 0.1) is 45.1 Å². The SMILES string of the molecule is Cc1cccc(-c2[nH]cnc2-c2ccc3ncc(-c4scc(C(=O)O)c4N4CCCCC4)cc3c2)n1. The number of hydrogen-bond donors (Lipinski definition) is 2. The fraction of sp³-hybridized carbons (Fsp3) is 0.214. The Hall–Kier alpha value is -4.04. The Morgan fingerprint density at radius 2 is 1.89 bits per heavy atom. The number of nitrogens with one attached hydrogen (secondary N) is 1. The van der Waals surface area contributed by atoms with Gasteiger partial charge in [0.25, 0.3) is 0 Å². The number of rotatable bonds is 5. The molecule has 1 saturated heterocycles. The number of carboxylic acids is 1. The minimum Gasteiger partial charge on any atom is -0.478 e. The molecule has 6 rings (SSSR count). The summed E-state index contributed by atoms with van der Waals surface area (Å²) in [6.07, 6.45) is 6.89. The number of aromatic nitrogens is 4.